The summed E-state index contributed by atoms with van der Waals surface area (Å²) in [5.74, 6) is 0.358. The summed E-state index contributed by atoms with van der Waals surface area (Å²) < 4.78 is 26.5. The molecule has 1 aromatic heterocycles. The summed E-state index contributed by atoms with van der Waals surface area (Å²) in [5.41, 5.74) is 0.945. The highest BCUT2D eigenvalue weighted by atomic mass is 35.5. The van der Waals surface area contributed by atoms with E-state index in [9.17, 15) is 8.42 Å². The molecule has 7 heteroatoms. The van der Waals surface area contributed by atoms with Gasteiger partial charge in [0.25, 0.3) is 10.0 Å². The third-order valence-electron chi connectivity index (χ3n) is 2.86. The van der Waals surface area contributed by atoms with Gasteiger partial charge >= 0.3 is 0 Å². The van der Waals surface area contributed by atoms with Crippen LogP contribution in [0.25, 0.3) is 0 Å². The molecule has 1 aromatic rings. The van der Waals surface area contributed by atoms with Crippen LogP contribution in [0.3, 0.4) is 0 Å². The predicted molar refractivity (Wildman–Crippen MR) is 81.6 cm³/mol. The normalized spacial score (nSPS) is 12.6. The Morgan fingerprint density at radius 1 is 1.26 bits per heavy atom. The molecule has 0 saturated carbocycles. The quantitative estimate of drug-likeness (QED) is 0.723. The number of alkyl halides is 1. The highest BCUT2D eigenvalue weighted by Crippen LogP contribution is 2.29. The van der Waals surface area contributed by atoms with E-state index in [0.29, 0.717) is 16.6 Å². The highest BCUT2D eigenvalue weighted by molar-refractivity contribution is 7.91. The zero-order valence-electron chi connectivity index (χ0n) is 11.8. The molecule has 1 rings (SSSR count). The van der Waals surface area contributed by atoms with Crippen LogP contribution in [-0.2, 0) is 15.9 Å². The third kappa shape index (κ3) is 4.43. The van der Waals surface area contributed by atoms with Gasteiger partial charge in [-0.15, -0.1) is 22.9 Å². The molecule has 4 nitrogen and oxygen atoms in total. The highest BCUT2D eigenvalue weighted by Gasteiger charge is 2.23. The summed E-state index contributed by atoms with van der Waals surface area (Å²) in [7, 11) is 2.20. The average Bonchev–Trinajstić information content (AvgIpc) is 2.70. The van der Waals surface area contributed by atoms with Gasteiger partial charge < -0.3 is 4.90 Å². The van der Waals surface area contributed by atoms with Crippen LogP contribution in [0.4, 0.5) is 0 Å². The zero-order valence-corrected chi connectivity index (χ0v) is 14.2. The molecule has 110 valence electrons. The maximum absolute atomic E-state index is 12.4. The second kappa shape index (κ2) is 7.04. The number of hydrogen-bond acceptors (Lipinski definition) is 4. The van der Waals surface area contributed by atoms with Crippen molar-refractivity contribution >= 4 is 33.0 Å². The summed E-state index contributed by atoms with van der Waals surface area (Å²) in [6, 6.07) is 1.71. The van der Waals surface area contributed by atoms with Gasteiger partial charge in [-0.05, 0) is 45.6 Å². The van der Waals surface area contributed by atoms with Gasteiger partial charge in [-0.1, -0.05) is 0 Å². The van der Waals surface area contributed by atoms with E-state index in [1.165, 1.54) is 15.6 Å². The van der Waals surface area contributed by atoms with Crippen LogP contribution >= 0.6 is 22.9 Å². The zero-order chi connectivity index (χ0) is 14.6. The Bertz CT molecular complexity index is 512. The van der Waals surface area contributed by atoms with Gasteiger partial charge in [0.1, 0.15) is 4.21 Å². The number of thiophene rings is 1. The van der Waals surface area contributed by atoms with Gasteiger partial charge in [-0.25, -0.2) is 12.7 Å². The lowest BCUT2D eigenvalue weighted by atomic mass is 10.3. The van der Waals surface area contributed by atoms with Crippen molar-refractivity contribution in [1.29, 1.82) is 0 Å². The molecule has 0 spiro atoms. The predicted octanol–water partition coefficient (Wildman–Crippen LogP) is 2.37. The van der Waals surface area contributed by atoms with Crippen LogP contribution in [0.5, 0.6) is 0 Å². The van der Waals surface area contributed by atoms with Crippen LogP contribution in [0.1, 0.15) is 16.9 Å². The molecule has 0 N–H and O–H groups in total. The van der Waals surface area contributed by atoms with Crippen molar-refractivity contribution < 1.29 is 8.42 Å². The van der Waals surface area contributed by atoms with Crippen molar-refractivity contribution in [1.82, 2.24) is 9.21 Å². The van der Waals surface area contributed by atoms with Crippen molar-refractivity contribution in [2.24, 2.45) is 0 Å². The maximum atomic E-state index is 12.4. The van der Waals surface area contributed by atoms with Crippen molar-refractivity contribution in [2.75, 3.05) is 34.2 Å². The third-order valence-corrected chi connectivity index (χ3v) is 6.83. The fourth-order valence-electron chi connectivity index (χ4n) is 1.63. The molecule has 0 bridgehead atoms. The van der Waals surface area contributed by atoms with Gasteiger partial charge in [0.15, 0.2) is 0 Å². The second-order valence-electron chi connectivity index (χ2n) is 4.79. The van der Waals surface area contributed by atoms with Crippen LogP contribution in [-0.4, -0.2) is 51.9 Å². The molecule has 0 saturated heterocycles. The van der Waals surface area contributed by atoms with Crippen molar-refractivity contribution in [3.63, 3.8) is 0 Å². The summed E-state index contributed by atoms with van der Waals surface area (Å²) in [5, 5.41) is 0. The fraction of sp³-hybridized carbons (Fsp3) is 0.667. The van der Waals surface area contributed by atoms with Crippen molar-refractivity contribution in [2.45, 2.75) is 23.4 Å². The smallest absolute Gasteiger partial charge is 0.252 e. The lowest BCUT2D eigenvalue weighted by Gasteiger charge is -2.17. The van der Waals surface area contributed by atoms with Crippen LogP contribution < -0.4 is 0 Å². The Morgan fingerprint density at radius 3 is 2.37 bits per heavy atom. The SMILES string of the molecule is Cc1cc(S(=O)(=O)N(C)CCCN(C)C)sc1CCl. The standard InChI is InChI=1S/C12H21ClN2O2S2/c1-10-8-12(18-11(10)9-13)19(16,17)15(4)7-5-6-14(2)3/h8H,5-7,9H2,1-4H3. The summed E-state index contributed by atoms with van der Waals surface area (Å²) in [4.78, 5) is 2.96. The average molecular weight is 325 g/mol. The lowest BCUT2D eigenvalue weighted by Crippen LogP contribution is -2.29. The second-order valence-corrected chi connectivity index (χ2v) is 8.46. The Kier molecular flexibility index (Phi) is 6.26. The minimum atomic E-state index is -3.37. The molecular weight excluding hydrogens is 304 g/mol. The van der Waals surface area contributed by atoms with E-state index in [4.69, 9.17) is 11.6 Å². The summed E-state index contributed by atoms with van der Waals surface area (Å²) in [6.07, 6.45) is 0.815. The molecule has 0 aliphatic heterocycles. The molecule has 0 aromatic carbocycles. The monoisotopic (exact) mass is 324 g/mol. The Labute approximate surface area is 125 Å². The summed E-state index contributed by atoms with van der Waals surface area (Å²) >= 11 is 7.05. The van der Waals surface area contributed by atoms with Crippen LogP contribution in [0, 0.1) is 6.92 Å². The Morgan fingerprint density at radius 2 is 1.89 bits per heavy atom. The van der Waals surface area contributed by atoms with Crippen molar-refractivity contribution in [3.05, 3.63) is 16.5 Å². The molecule has 19 heavy (non-hydrogen) atoms. The number of halogens is 1. The number of sulfonamides is 1. The van der Waals surface area contributed by atoms with Gasteiger partial charge in [0.05, 0.1) is 5.88 Å². The number of aryl methyl sites for hydroxylation is 1. The van der Waals surface area contributed by atoms with E-state index in [-0.39, 0.29) is 0 Å². The van der Waals surface area contributed by atoms with Gasteiger partial charge in [0.2, 0.25) is 0 Å². The van der Waals surface area contributed by atoms with Crippen molar-refractivity contribution in [3.8, 4) is 0 Å². The number of rotatable bonds is 7. The maximum Gasteiger partial charge on any atom is 0.252 e. The Balaban J connectivity index is 2.78. The molecular formula is C12H21ClN2O2S2. The lowest BCUT2D eigenvalue weighted by molar-refractivity contribution is 0.370. The largest absolute Gasteiger partial charge is 0.309 e. The number of nitrogens with zero attached hydrogens (tertiary/aromatic N) is 2. The van der Waals surface area contributed by atoms with E-state index < -0.39 is 10.0 Å². The van der Waals surface area contributed by atoms with E-state index in [0.717, 1.165) is 23.4 Å². The minimum Gasteiger partial charge on any atom is -0.309 e. The molecule has 0 amide bonds. The first-order chi connectivity index (χ1) is 8.78. The molecule has 0 atom stereocenters. The molecule has 0 aliphatic carbocycles. The van der Waals surface area contributed by atoms with Gasteiger partial charge in [0, 0.05) is 18.5 Å². The fourth-order valence-corrected chi connectivity index (χ4v) is 4.87. The molecule has 0 fully saturated rings. The van der Waals surface area contributed by atoms with E-state index in [1.54, 1.807) is 13.1 Å². The first-order valence-electron chi connectivity index (χ1n) is 6.05. The minimum absolute atomic E-state index is 0.358. The molecule has 1 heterocycles. The topological polar surface area (TPSA) is 40.6 Å². The molecule has 0 aliphatic rings. The van der Waals surface area contributed by atoms with E-state index in [1.807, 2.05) is 25.9 Å². The molecule has 0 unspecified atom stereocenters. The molecule has 0 radical (unpaired) electrons. The van der Waals surface area contributed by atoms with E-state index >= 15 is 0 Å². The first kappa shape index (κ1) is 16.9. The van der Waals surface area contributed by atoms with E-state index in [2.05, 4.69) is 0 Å². The van der Waals surface area contributed by atoms with Gasteiger partial charge in [-0.3, -0.25) is 0 Å². The summed E-state index contributed by atoms with van der Waals surface area (Å²) in [6.45, 7) is 3.28. The van der Waals surface area contributed by atoms with Crippen LogP contribution in [0.15, 0.2) is 10.3 Å². The van der Waals surface area contributed by atoms with Crippen LogP contribution in [0.2, 0.25) is 0 Å². The van der Waals surface area contributed by atoms with Gasteiger partial charge in [-0.2, -0.15) is 0 Å². The number of hydrogen-bond donors (Lipinski definition) is 0. The first-order valence-corrected chi connectivity index (χ1v) is 8.84. The Hall–Kier alpha value is -0.140.